The van der Waals surface area contributed by atoms with Gasteiger partial charge in [-0.3, -0.25) is 14.9 Å². The molecule has 1 aromatic rings. The summed E-state index contributed by atoms with van der Waals surface area (Å²) in [5.41, 5.74) is 0.918. The van der Waals surface area contributed by atoms with Crippen LogP contribution in [-0.2, 0) is 9.59 Å². The smallest absolute Gasteiger partial charge is 0.335 e. The summed E-state index contributed by atoms with van der Waals surface area (Å²) in [5, 5.41) is 11.0. The number of carbonyl (C=O) groups excluding carboxylic acids is 2. The Labute approximate surface area is 97.4 Å². The summed E-state index contributed by atoms with van der Waals surface area (Å²) < 4.78 is 0. The molecular formula is C12H11NO4. The van der Waals surface area contributed by atoms with Gasteiger partial charge in [-0.2, -0.15) is 0 Å². The lowest BCUT2D eigenvalue weighted by Crippen LogP contribution is -2.39. The second-order valence-electron chi connectivity index (χ2n) is 3.93. The fourth-order valence-corrected chi connectivity index (χ4v) is 1.87. The van der Waals surface area contributed by atoms with E-state index in [4.69, 9.17) is 5.11 Å². The molecule has 0 spiro atoms. The van der Waals surface area contributed by atoms with Gasteiger partial charge in [-0.1, -0.05) is 12.1 Å². The number of imide groups is 1. The summed E-state index contributed by atoms with van der Waals surface area (Å²) in [5.74, 6) is -1.94. The molecule has 2 N–H and O–H groups in total. The average Bonchev–Trinajstić information content (AvgIpc) is 2.29. The van der Waals surface area contributed by atoms with E-state index in [1.165, 1.54) is 12.1 Å². The fourth-order valence-electron chi connectivity index (χ4n) is 1.87. The molecule has 2 rings (SSSR count). The van der Waals surface area contributed by atoms with E-state index >= 15 is 0 Å². The average molecular weight is 233 g/mol. The Morgan fingerprint density at radius 1 is 1.24 bits per heavy atom. The van der Waals surface area contributed by atoms with Crippen molar-refractivity contribution in [1.82, 2.24) is 5.32 Å². The van der Waals surface area contributed by atoms with Crippen molar-refractivity contribution in [3.63, 3.8) is 0 Å². The second kappa shape index (κ2) is 4.37. The number of piperidine rings is 1. The maximum atomic E-state index is 11.6. The molecule has 0 bridgehead atoms. The minimum absolute atomic E-state index is 0.182. The standard InChI is InChI=1S/C12H11NO4/c14-10-6-5-9(11(15)13-10)7-1-3-8(4-2-7)12(16)17/h1-4,9H,5-6H2,(H,16,17)(H,13,14,15). The molecule has 1 saturated heterocycles. The molecule has 0 aliphatic carbocycles. The minimum Gasteiger partial charge on any atom is -0.478 e. The molecular weight excluding hydrogens is 222 g/mol. The molecule has 5 nitrogen and oxygen atoms in total. The van der Waals surface area contributed by atoms with E-state index in [0.29, 0.717) is 12.8 Å². The van der Waals surface area contributed by atoms with Gasteiger partial charge in [-0.15, -0.1) is 0 Å². The number of nitrogens with one attached hydrogen (secondary N) is 1. The van der Waals surface area contributed by atoms with Gasteiger partial charge in [0.25, 0.3) is 0 Å². The van der Waals surface area contributed by atoms with Crippen LogP contribution in [0.5, 0.6) is 0 Å². The SMILES string of the molecule is O=C1CCC(c2ccc(C(=O)O)cc2)C(=O)N1. The third-order valence-corrected chi connectivity index (χ3v) is 2.80. The van der Waals surface area contributed by atoms with Gasteiger partial charge in [-0.05, 0) is 24.1 Å². The lowest BCUT2D eigenvalue weighted by Gasteiger charge is -2.20. The van der Waals surface area contributed by atoms with E-state index in [1.807, 2.05) is 0 Å². The molecule has 0 saturated carbocycles. The molecule has 0 radical (unpaired) electrons. The first-order valence-corrected chi connectivity index (χ1v) is 5.25. The van der Waals surface area contributed by atoms with Crippen molar-refractivity contribution < 1.29 is 19.5 Å². The molecule has 88 valence electrons. The number of carboxylic acid groups (broad SMARTS) is 1. The molecule has 0 aromatic heterocycles. The zero-order valence-corrected chi connectivity index (χ0v) is 8.97. The minimum atomic E-state index is -1.00. The predicted molar refractivity (Wildman–Crippen MR) is 58.5 cm³/mol. The highest BCUT2D eigenvalue weighted by atomic mass is 16.4. The highest BCUT2D eigenvalue weighted by Crippen LogP contribution is 2.24. The van der Waals surface area contributed by atoms with Crippen molar-refractivity contribution in [2.75, 3.05) is 0 Å². The highest BCUT2D eigenvalue weighted by molar-refractivity contribution is 6.01. The van der Waals surface area contributed by atoms with Gasteiger partial charge in [0, 0.05) is 6.42 Å². The molecule has 1 atom stereocenters. The maximum absolute atomic E-state index is 11.6. The summed E-state index contributed by atoms with van der Waals surface area (Å²) >= 11 is 0. The topological polar surface area (TPSA) is 83.5 Å². The lowest BCUT2D eigenvalue weighted by molar-refractivity contribution is -0.134. The third kappa shape index (κ3) is 2.33. The number of carbonyl (C=O) groups is 3. The van der Waals surface area contributed by atoms with Crippen LogP contribution in [0.4, 0.5) is 0 Å². The molecule has 1 aromatic carbocycles. The van der Waals surface area contributed by atoms with Gasteiger partial charge in [0.2, 0.25) is 11.8 Å². The third-order valence-electron chi connectivity index (χ3n) is 2.80. The molecule has 1 unspecified atom stereocenters. The first kappa shape index (κ1) is 11.3. The molecule has 1 aliphatic rings. The van der Waals surface area contributed by atoms with E-state index in [0.717, 1.165) is 5.56 Å². The van der Waals surface area contributed by atoms with Crippen LogP contribution < -0.4 is 5.32 Å². The van der Waals surface area contributed by atoms with E-state index in [-0.39, 0.29) is 23.3 Å². The van der Waals surface area contributed by atoms with Gasteiger partial charge < -0.3 is 5.11 Å². The zero-order chi connectivity index (χ0) is 12.4. The number of aromatic carboxylic acids is 1. The molecule has 1 heterocycles. The van der Waals surface area contributed by atoms with Crippen molar-refractivity contribution >= 4 is 17.8 Å². The number of rotatable bonds is 2. The Balaban J connectivity index is 2.20. The summed E-state index contributed by atoms with van der Waals surface area (Å²) in [6.45, 7) is 0. The van der Waals surface area contributed by atoms with Gasteiger partial charge in [-0.25, -0.2) is 4.79 Å². The lowest BCUT2D eigenvalue weighted by atomic mass is 9.90. The monoisotopic (exact) mass is 233 g/mol. The van der Waals surface area contributed by atoms with Crippen LogP contribution >= 0.6 is 0 Å². The van der Waals surface area contributed by atoms with Crippen molar-refractivity contribution in [2.45, 2.75) is 18.8 Å². The van der Waals surface area contributed by atoms with Gasteiger partial charge in [0.15, 0.2) is 0 Å². The van der Waals surface area contributed by atoms with Gasteiger partial charge in [0.05, 0.1) is 11.5 Å². The van der Waals surface area contributed by atoms with E-state index in [1.54, 1.807) is 12.1 Å². The molecule has 17 heavy (non-hydrogen) atoms. The highest BCUT2D eigenvalue weighted by Gasteiger charge is 2.27. The molecule has 5 heteroatoms. The Bertz CT molecular complexity index is 478. The van der Waals surface area contributed by atoms with Crippen LogP contribution in [0.1, 0.15) is 34.7 Å². The van der Waals surface area contributed by atoms with Crippen LogP contribution in [0.3, 0.4) is 0 Å². The first-order valence-electron chi connectivity index (χ1n) is 5.25. The first-order chi connectivity index (χ1) is 8.08. The summed E-state index contributed by atoms with van der Waals surface area (Å²) in [7, 11) is 0. The van der Waals surface area contributed by atoms with Crippen LogP contribution in [0, 0.1) is 0 Å². The van der Waals surface area contributed by atoms with Gasteiger partial charge in [0.1, 0.15) is 0 Å². The Hall–Kier alpha value is -2.17. The Morgan fingerprint density at radius 3 is 2.41 bits per heavy atom. The summed E-state index contributed by atoms with van der Waals surface area (Å²) in [6, 6.07) is 6.15. The van der Waals surface area contributed by atoms with Crippen LogP contribution in [0.15, 0.2) is 24.3 Å². The quantitative estimate of drug-likeness (QED) is 0.743. The second-order valence-corrected chi connectivity index (χ2v) is 3.93. The number of benzene rings is 1. The van der Waals surface area contributed by atoms with Crippen LogP contribution in [-0.4, -0.2) is 22.9 Å². The number of hydrogen-bond donors (Lipinski definition) is 2. The molecule has 2 amide bonds. The van der Waals surface area contributed by atoms with Gasteiger partial charge >= 0.3 is 5.97 Å². The largest absolute Gasteiger partial charge is 0.478 e. The summed E-state index contributed by atoms with van der Waals surface area (Å²) in [6.07, 6.45) is 0.786. The fraction of sp³-hybridized carbons (Fsp3) is 0.250. The van der Waals surface area contributed by atoms with Crippen molar-refractivity contribution in [1.29, 1.82) is 0 Å². The van der Waals surface area contributed by atoms with Crippen LogP contribution in [0.2, 0.25) is 0 Å². The number of hydrogen-bond acceptors (Lipinski definition) is 3. The molecule has 1 fully saturated rings. The van der Waals surface area contributed by atoms with Crippen LogP contribution in [0.25, 0.3) is 0 Å². The molecule has 1 aliphatic heterocycles. The van der Waals surface area contributed by atoms with E-state index in [2.05, 4.69) is 5.32 Å². The van der Waals surface area contributed by atoms with E-state index < -0.39 is 5.97 Å². The maximum Gasteiger partial charge on any atom is 0.335 e. The van der Waals surface area contributed by atoms with Crippen molar-refractivity contribution in [3.8, 4) is 0 Å². The van der Waals surface area contributed by atoms with E-state index in [9.17, 15) is 14.4 Å². The number of carboxylic acids is 1. The normalized spacial score (nSPS) is 19.9. The van der Waals surface area contributed by atoms with Crippen molar-refractivity contribution in [2.24, 2.45) is 0 Å². The number of amides is 2. The Morgan fingerprint density at radius 2 is 1.88 bits per heavy atom. The van der Waals surface area contributed by atoms with Crippen molar-refractivity contribution in [3.05, 3.63) is 35.4 Å². The Kier molecular flexibility index (Phi) is 2.91. The zero-order valence-electron chi connectivity index (χ0n) is 8.97. The predicted octanol–water partition coefficient (Wildman–Crippen LogP) is 0.905. The summed E-state index contributed by atoms with van der Waals surface area (Å²) in [4.78, 5) is 33.2.